The van der Waals surface area contributed by atoms with Crippen LogP contribution in [-0.4, -0.2) is 17.4 Å². The van der Waals surface area contributed by atoms with Gasteiger partial charge in [0.05, 0.1) is 11.6 Å². The first kappa shape index (κ1) is 11.7. The number of aryl methyl sites for hydroxylation is 1. The van der Waals surface area contributed by atoms with Crippen LogP contribution in [0.2, 0.25) is 0 Å². The van der Waals surface area contributed by atoms with Crippen molar-refractivity contribution in [2.75, 3.05) is 0 Å². The van der Waals surface area contributed by atoms with Gasteiger partial charge in [-0.05, 0) is 36.3 Å². The van der Waals surface area contributed by atoms with Gasteiger partial charge in [0.25, 0.3) is 0 Å². The first-order valence-electron chi connectivity index (χ1n) is 4.49. The maximum Gasteiger partial charge on any atom is 0.328 e. The molecule has 80 valence electrons. The number of carboxylic acids is 1. The summed E-state index contributed by atoms with van der Waals surface area (Å²) in [6, 6.07) is 4.97. The predicted octanol–water partition coefficient (Wildman–Crippen LogP) is 1.78. The SMILES string of the molecule is Cc1cc(C=O)cc(C#N)c1/C=C/C(=O)O. The van der Waals surface area contributed by atoms with Crippen molar-refractivity contribution in [1.82, 2.24) is 0 Å². The molecule has 4 heteroatoms. The number of hydrogen-bond donors (Lipinski definition) is 1. The molecule has 1 aromatic carbocycles. The molecule has 0 radical (unpaired) electrons. The number of carbonyl (C=O) groups is 2. The number of carboxylic acid groups (broad SMARTS) is 1. The Bertz CT molecular complexity index is 510. The summed E-state index contributed by atoms with van der Waals surface area (Å²) < 4.78 is 0. The Kier molecular flexibility index (Phi) is 3.57. The van der Waals surface area contributed by atoms with Gasteiger partial charge in [0.1, 0.15) is 6.29 Å². The highest BCUT2D eigenvalue weighted by molar-refractivity contribution is 5.87. The quantitative estimate of drug-likeness (QED) is 0.615. The van der Waals surface area contributed by atoms with Gasteiger partial charge >= 0.3 is 5.97 Å². The van der Waals surface area contributed by atoms with Crippen LogP contribution in [0.3, 0.4) is 0 Å². The summed E-state index contributed by atoms with van der Waals surface area (Å²) in [5, 5.41) is 17.4. The summed E-state index contributed by atoms with van der Waals surface area (Å²) in [6.45, 7) is 1.72. The van der Waals surface area contributed by atoms with E-state index in [1.807, 2.05) is 6.07 Å². The molecule has 0 atom stereocenters. The van der Waals surface area contributed by atoms with E-state index >= 15 is 0 Å². The highest BCUT2D eigenvalue weighted by Gasteiger charge is 2.05. The van der Waals surface area contributed by atoms with E-state index in [1.165, 1.54) is 12.1 Å². The van der Waals surface area contributed by atoms with E-state index in [0.29, 0.717) is 28.5 Å². The smallest absolute Gasteiger partial charge is 0.328 e. The average molecular weight is 215 g/mol. The van der Waals surface area contributed by atoms with Crippen molar-refractivity contribution in [1.29, 1.82) is 5.26 Å². The number of hydrogen-bond acceptors (Lipinski definition) is 3. The Morgan fingerprint density at radius 3 is 2.69 bits per heavy atom. The molecule has 0 unspecified atom stereocenters. The summed E-state index contributed by atoms with van der Waals surface area (Å²) in [5.74, 6) is -1.08. The van der Waals surface area contributed by atoms with Crippen LogP contribution >= 0.6 is 0 Å². The lowest BCUT2D eigenvalue weighted by molar-refractivity contribution is -0.131. The van der Waals surface area contributed by atoms with E-state index in [2.05, 4.69) is 0 Å². The van der Waals surface area contributed by atoms with E-state index in [1.54, 1.807) is 13.0 Å². The Morgan fingerprint density at radius 1 is 1.50 bits per heavy atom. The molecule has 16 heavy (non-hydrogen) atoms. The van der Waals surface area contributed by atoms with Gasteiger partial charge in [0, 0.05) is 11.6 Å². The summed E-state index contributed by atoms with van der Waals surface area (Å²) in [6.07, 6.45) is 2.97. The van der Waals surface area contributed by atoms with E-state index in [-0.39, 0.29) is 0 Å². The maximum absolute atomic E-state index is 10.6. The van der Waals surface area contributed by atoms with Crippen LogP contribution in [0.15, 0.2) is 18.2 Å². The van der Waals surface area contributed by atoms with Crippen molar-refractivity contribution in [3.63, 3.8) is 0 Å². The van der Waals surface area contributed by atoms with Crippen molar-refractivity contribution in [2.45, 2.75) is 6.92 Å². The molecule has 0 fully saturated rings. The van der Waals surface area contributed by atoms with Gasteiger partial charge in [-0.2, -0.15) is 5.26 Å². The average Bonchev–Trinajstić information content (AvgIpc) is 2.26. The zero-order valence-corrected chi connectivity index (χ0v) is 8.60. The predicted molar refractivity (Wildman–Crippen MR) is 58.0 cm³/mol. The number of benzene rings is 1. The van der Waals surface area contributed by atoms with Crippen molar-refractivity contribution in [3.05, 3.63) is 40.5 Å². The third kappa shape index (κ3) is 2.55. The molecular weight excluding hydrogens is 206 g/mol. The van der Waals surface area contributed by atoms with Crippen LogP contribution in [0.4, 0.5) is 0 Å². The second-order valence-electron chi connectivity index (χ2n) is 3.20. The Hall–Kier alpha value is -2.41. The van der Waals surface area contributed by atoms with Gasteiger partial charge in [-0.15, -0.1) is 0 Å². The lowest BCUT2D eigenvalue weighted by Crippen LogP contribution is -1.93. The molecule has 0 saturated heterocycles. The molecule has 0 spiro atoms. The minimum Gasteiger partial charge on any atom is -0.478 e. The van der Waals surface area contributed by atoms with Crippen LogP contribution < -0.4 is 0 Å². The van der Waals surface area contributed by atoms with Gasteiger partial charge in [-0.1, -0.05) is 0 Å². The highest BCUT2D eigenvalue weighted by atomic mass is 16.4. The topological polar surface area (TPSA) is 78.2 Å². The van der Waals surface area contributed by atoms with Gasteiger partial charge in [0.2, 0.25) is 0 Å². The zero-order chi connectivity index (χ0) is 12.1. The third-order valence-electron chi connectivity index (χ3n) is 2.06. The number of carbonyl (C=O) groups excluding carboxylic acids is 1. The van der Waals surface area contributed by atoms with Crippen LogP contribution in [0.5, 0.6) is 0 Å². The molecule has 0 aliphatic carbocycles. The summed E-state index contributed by atoms with van der Waals surface area (Å²) in [7, 11) is 0. The van der Waals surface area contributed by atoms with Gasteiger partial charge < -0.3 is 5.11 Å². The Balaban J connectivity index is 3.33. The van der Waals surface area contributed by atoms with E-state index < -0.39 is 5.97 Å². The molecular formula is C12H9NO3. The molecule has 1 rings (SSSR count). The highest BCUT2D eigenvalue weighted by Crippen LogP contribution is 2.17. The largest absolute Gasteiger partial charge is 0.478 e. The fourth-order valence-electron chi connectivity index (χ4n) is 1.36. The summed E-state index contributed by atoms with van der Waals surface area (Å²) in [5.41, 5.74) is 1.91. The fraction of sp³-hybridized carbons (Fsp3) is 0.0833. The molecule has 1 N–H and O–H groups in total. The van der Waals surface area contributed by atoms with Gasteiger partial charge in [-0.3, -0.25) is 4.79 Å². The van der Waals surface area contributed by atoms with Crippen molar-refractivity contribution < 1.29 is 14.7 Å². The van der Waals surface area contributed by atoms with Crippen LogP contribution in [0, 0.1) is 18.3 Å². The van der Waals surface area contributed by atoms with Gasteiger partial charge in [0.15, 0.2) is 0 Å². The first-order chi connectivity index (χ1) is 7.58. The zero-order valence-electron chi connectivity index (χ0n) is 8.60. The molecule has 1 aromatic rings. The number of nitriles is 1. The monoisotopic (exact) mass is 215 g/mol. The minimum atomic E-state index is -1.08. The molecule has 0 aromatic heterocycles. The van der Waals surface area contributed by atoms with Crippen molar-refractivity contribution in [3.8, 4) is 6.07 Å². The lowest BCUT2D eigenvalue weighted by Gasteiger charge is -2.03. The minimum absolute atomic E-state index is 0.291. The van der Waals surface area contributed by atoms with E-state index in [0.717, 1.165) is 6.08 Å². The van der Waals surface area contributed by atoms with Gasteiger partial charge in [-0.25, -0.2) is 4.79 Å². The molecule has 4 nitrogen and oxygen atoms in total. The standard InChI is InChI=1S/C12H9NO3/c1-8-4-9(7-14)5-10(6-13)11(8)2-3-12(15)16/h2-5,7H,1H3,(H,15,16)/b3-2+. The second kappa shape index (κ2) is 4.89. The number of nitrogens with zero attached hydrogens (tertiary/aromatic N) is 1. The van der Waals surface area contributed by atoms with Crippen LogP contribution in [0.25, 0.3) is 6.08 Å². The summed E-state index contributed by atoms with van der Waals surface area (Å²) in [4.78, 5) is 21.0. The molecule has 0 saturated carbocycles. The maximum atomic E-state index is 10.6. The first-order valence-corrected chi connectivity index (χ1v) is 4.49. The Labute approximate surface area is 92.4 Å². The normalized spacial score (nSPS) is 10.0. The molecule has 0 aliphatic heterocycles. The van der Waals surface area contributed by atoms with Crippen molar-refractivity contribution in [2.24, 2.45) is 0 Å². The number of aliphatic carboxylic acids is 1. The lowest BCUT2D eigenvalue weighted by atomic mass is 9.99. The number of aldehydes is 1. The molecule has 0 amide bonds. The third-order valence-corrected chi connectivity index (χ3v) is 2.06. The summed E-state index contributed by atoms with van der Waals surface area (Å²) >= 11 is 0. The van der Waals surface area contributed by atoms with Crippen LogP contribution in [-0.2, 0) is 4.79 Å². The van der Waals surface area contributed by atoms with E-state index in [4.69, 9.17) is 10.4 Å². The van der Waals surface area contributed by atoms with Crippen molar-refractivity contribution >= 4 is 18.3 Å². The Morgan fingerprint density at radius 2 is 2.19 bits per heavy atom. The second-order valence-corrected chi connectivity index (χ2v) is 3.20. The van der Waals surface area contributed by atoms with E-state index in [9.17, 15) is 9.59 Å². The molecule has 0 aliphatic rings. The number of rotatable bonds is 3. The van der Waals surface area contributed by atoms with Crippen LogP contribution in [0.1, 0.15) is 27.0 Å². The molecule has 0 heterocycles. The fourth-order valence-corrected chi connectivity index (χ4v) is 1.36. The molecule has 0 bridgehead atoms.